The Bertz CT molecular complexity index is 850. The van der Waals surface area contributed by atoms with E-state index in [2.05, 4.69) is 66.4 Å². The van der Waals surface area contributed by atoms with Crippen LogP contribution in [0, 0.1) is 12.8 Å². The van der Waals surface area contributed by atoms with Crippen LogP contribution in [0.1, 0.15) is 42.4 Å². The maximum Gasteiger partial charge on any atom is 0.227 e. The molecule has 2 heterocycles. The van der Waals surface area contributed by atoms with Crippen LogP contribution in [0.25, 0.3) is 6.08 Å². The monoisotopic (exact) mass is 388 g/mol. The summed E-state index contributed by atoms with van der Waals surface area (Å²) in [7, 11) is 0. The third-order valence-electron chi connectivity index (χ3n) is 6.30. The highest BCUT2D eigenvalue weighted by molar-refractivity contribution is 5.94. The molecule has 4 rings (SSSR count). The molecule has 152 valence electrons. The van der Waals surface area contributed by atoms with Gasteiger partial charge in [-0.25, -0.2) is 0 Å². The Morgan fingerprint density at radius 1 is 1.07 bits per heavy atom. The number of carbonyl (C=O) groups is 1. The average Bonchev–Trinajstić information content (AvgIpc) is 2.75. The van der Waals surface area contributed by atoms with E-state index in [1.54, 1.807) is 0 Å². The normalized spacial score (nSPS) is 18.2. The first kappa shape index (κ1) is 19.9. The van der Waals surface area contributed by atoms with Crippen LogP contribution in [0.3, 0.4) is 0 Å². The summed E-state index contributed by atoms with van der Waals surface area (Å²) in [5.41, 5.74) is 5.02. The quantitative estimate of drug-likeness (QED) is 0.712. The zero-order chi connectivity index (χ0) is 20.1. The highest BCUT2D eigenvalue weighted by Gasteiger charge is 2.26. The molecule has 2 aliphatic heterocycles. The molecule has 0 radical (unpaired) electrons. The first-order chi connectivity index (χ1) is 14.2. The first-order valence-electron chi connectivity index (χ1n) is 11.0. The molecule has 2 aliphatic rings. The van der Waals surface area contributed by atoms with E-state index in [1.165, 1.54) is 16.7 Å². The van der Waals surface area contributed by atoms with E-state index >= 15 is 0 Å². The van der Waals surface area contributed by atoms with Crippen molar-refractivity contribution in [3.05, 3.63) is 71.3 Å². The van der Waals surface area contributed by atoms with Gasteiger partial charge < -0.3 is 4.90 Å². The van der Waals surface area contributed by atoms with Crippen LogP contribution in [0.4, 0.5) is 5.69 Å². The standard InChI is InChI=1S/C26H32N2O/c1-21-11-12-25-24(19-21)10-6-16-28(25)26(29)20-23-13-17-27(18-14-23)15-5-9-22-7-3-2-4-8-22/h2-5,7-9,11-12,19,23H,6,10,13-18,20H2,1H3/b9-5+. The molecule has 1 saturated heterocycles. The Hall–Kier alpha value is -2.39. The molecular formula is C26H32N2O. The molecule has 3 nitrogen and oxygen atoms in total. The second-order valence-electron chi connectivity index (χ2n) is 8.54. The Kier molecular flexibility index (Phi) is 6.46. The van der Waals surface area contributed by atoms with Gasteiger partial charge in [0.05, 0.1) is 0 Å². The minimum atomic E-state index is 0.317. The van der Waals surface area contributed by atoms with Crippen molar-refractivity contribution < 1.29 is 4.79 Å². The number of benzene rings is 2. The lowest BCUT2D eigenvalue weighted by molar-refractivity contribution is -0.119. The lowest BCUT2D eigenvalue weighted by atomic mass is 9.92. The summed E-state index contributed by atoms with van der Waals surface area (Å²) < 4.78 is 0. The van der Waals surface area contributed by atoms with E-state index in [1.807, 2.05) is 11.0 Å². The number of aryl methyl sites for hydroxylation is 2. The van der Waals surface area contributed by atoms with Crippen LogP contribution in [-0.4, -0.2) is 37.0 Å². The number of fused-ring (bicyclic) bond motifs is 1. The van der Waals surface area contributed by atoms with Gasteiger partial charge in [0.25, 0.3) is 0 Å². The van der Waals surface area contributed by atoms with Gasteiger partial charge in [-0.15, -0.1) is 0 Å². The number of nitrogens with zero attached hydrogens (tertiary/aromatic N) is 2. The van der Waals surface area contributed by atoms with Crippen molar-refractivity contribution in [3.63, 3.8) is 0 Å². The summed E-state index contributed by atoms with van der Waals surface area (Å²) in [6.07, 6.45) is 9.57. The summed E-state index contributed by atoms with van der Waals surface area (Å²) in [4.78, 5) is 17.6. The van der Waals surface area contributed by atoms with Gasteiger partial charge in [0.1, 0.15) is 0 Å². The molecule has 0 unspecified atom stereocenters. The molecule has 0 aliphatic carbocycles. The number of piperidine rings is 1. The zero-order valence-electron chi connectivity index (χ0n) is 17.5. The Morgan fingerprint density at radius 2 is 1.86 bits per heavy atom. The van der Waals surface area contributed by atoms with Crippen LogP contribution in [0.15, 0.2) is 54.6 Å². The molecule has 0 aromatic heterocycles. The fourth-order valence-corrected chi connectivity index (χ4v) is 4.62. The lowest BCUT2D eigenvalue weighted by Crippen LogP contribution is -2.39. The molecule has 2 aromatic carbocycles. The number of carbonyl (C=O) groups excluding carboxylic acids is 1. The smallest absolute Gasteiger partial charge is 0.227 e. The molecule has 0 atom stereocenters. The van der Waals surface area contributed by atoms with E-state index < -0.39 is 0 Å². The van der Waals surface area contributed by atoms with Crippen LogP contribution in [0.2, 0.25) is 0 Å². The molecular weight excluding hydrogens is 356 g/mol. The third-order valence-corrected chi connectivity index (χ3v) is 6.30. The number of amides is 1. The Balaban J connectivity index is 1.26. The molecule has 0 bridgehead atoms. The Labute approximate surface area is 175 Å². The summed E-state index contributed by atoms with van der Waals surface area (Å²) in [5, 5.41) is 0. The van der Waals surface area contributed by atoms with Crippen LogP contribution in [-0.2, 0) is 11.2 Å². The van der Waals surface area contributed by atoms with Gasteiger partial charge >= 0.3 is 0 Å². The maximum absolute atomic E-state index is 13.0. The van der Waals surface area contributed by atoms with Gasteiger partial charge in [-0.1, -0.05) is 60.2 Å². The number of hydrogen-bond acceptors (Lipinski definition) is 2. The van der Waals surface area contributed by atoms with Crippen molar-refractivity contribution >= 4 is 17.7 Å². The van der Waals surface area contributed by atoms with Crippen molar-refractivity contribution in [2.75, 3.05) is 31.1 Å². The van der Waals surface area contributed by atoms with Gasteiger partial charge in [-0.3, -0.25) is 9.69 Å². The maximum atomic E-state index is 13.0. The summed E-state index contributed by atoms with van der Waals surface area (Å²) >= 11 is 0. The first-order valence-corrected chi connectivity index (χ1v) is 11.0. The number of hydrogen-bond donors (Lipinski definition) is 0. The van der Waals surface area contributed by atoms with Gasteiger partial charge in [0, 0.05) is 25.2 Å². The lowest BCUT2D eigenvalue weighted by Gasteiger charge is -2.34. The predicted molar refractivity (Wildman–Crippen MR) is 121 cm³/mol. The molecule has 1 fully saturated rings. The third kappa shape index (κ3) is 5.16. The zero-order valence-corrected chi connectivity index (χ0v) is 17.5. The highest BCUT2D eigenvalue weighted by atomic mass is 16.2. The second-order valence-corrected chi connectivity index (χ2v) is 8.54. The molecule has 2 aromatic rings. The minimum Gasteiger partial charge on any atom is -0.312 e. The number of likely N-dealkylation sites (tertiary alicyclic amines) is 1. The van der Waals surface area contributed by atoms with Crippen molar-refractivity contribution in [2.24, 2.45) is 5.92 Å². The molecule has 0 spiro atoms. The summed E-state index contributed by atoms with van der Waals surface area (Å²) in [6.45, 7) is 6.18. The Morgan fingerprint density at radius 3 is 2.66 bits per heavy atom. The van der Waals surface area contributed by atoms with E-state index in [4.69, 9.17) is 0 Å². The number of anilines is 1. The van der Waals surface area contributed by atoms with Gasteiger partial charge in [0.2, 0.25) is 5.91 Å². The largest absolute Gasteiger partial charge is 0.312 e. The topological polar surface area (TPSA) is 23.6 Å². The van der Waals surface area contributed by atoms with E-state index in [0.29, 0.717) is 18.2 Å². The summed E-state index contributed by atoms with van der Waals surface area (Å²) in [6, 6.07) is 17.0. The SMILES string of the molecule is Cc1ccc2c(c1)CCCN2C(=O)CC1CCN(C/C=C/c2ccccc2)CC1. The van der Waals surface area contributed by atoms with Crippen LogP contribution >= 0.6 is 0 Å². The average molecular weight is 389 g/mol. The molecule has 3 heteroatoms. The molecule has 1 amide bonds. The minimum absolute atomic E-state index is 0.317. The van der Waals surface area contributed by atoms with Crippen molar-refractivity contribution in [2.45, 2.75) is 39.0 Å². The van der Waals surface area contributed by atoms with Crippen molar-refractivity contribution in [1.29, 1.82) is 0 Å². The molecule has 0 N–H and O–H groups in total. The van der Waals surface area contributed by atoms with Gasteiger partial charge in [0.15, 0.2) is 0 Å². The second kappa shape index (κ2) is 9.41. The van der Waals surface area contributed by atoms with Crippen molar-refractivity contribution in [3.8, 4) is 0 Å². The van der Waals surface area contributed by atoms with Crippen LogP contribution < -0.4 is 4.90 Å². The van der Waals surface area contributed by atoms with E-state index in [0.717, 1.165) is 57.5 Å². The van der Waals surface area contributed by atoms with Gasteiger partial charge in [-0.05, 0) is 68.8 Å². The highest BCUT2D eigenvalue weighted by Crippen LogP contribution is 2.30. The summed E-state index contributed by atoms with van der Waals surface area (Å²) in [5.74, 6) is 0.838. The molecule has 0 saturated carbocycles. The van der Waals surface area contributed by atoms with Gasteiger partial charge in [-0.2, -0.15) is 0 Å². The van der Waals surface area contributed by atoms with Crippen LogP contribution in [0.5, 0.6) is 0 Å². The van der Waals surface area contributed by atoms with E-state index in [9.17, 15) is 4.79 Å². The van der Waals surface area contributed by atoms with E-state index in [-0.39, 0.29) is 0 Å². The van der Waals surface area contributed by atoms with Crippen molar-refractivity contribution in [1.82, 2.24) is 4.90 Å². The number of rotatable bonds is 5. The fraction of sp³-hybridized carbons (Fsp3) is 0.423. The molecule has 29 heavy (non-hydrogen) atoms. The predicted octanol–water partition coefficient (Wildman–Crippen LogP) is 5.09. The fourth-order valence-electron chi connectivity index (χ4n) is 4.62.